The minimum absolute atomic E-state index is 0.612. The van der Waals surface area contributed by atoms with Crippen molar-refractivity contribution < 1.29 is 0 Å². The van der Waals surface area contributed by atoms with E-state index in [4.69, 9.17) is 5.26 Å². The van der Waals surface area contributed by atoms with Crippen LogP contribution in [0.5, 0.6) is 0 Å². The maximum Gasteiger partial charge on any atom is 0.183 e. The van der Waals surface area contributed by atoms with Crippen LogP contribution in [0.4, 0.5) is 0 Å². The van der Waals surface area contributed by atoms with Gasteiger partial charge in [0.2, 0.25) is 0 Å². The second-order valence-electron chi connectivity index (χ2n) is 1.90. The van der Waals surface area contributed by atoms with Gasteiger partial charge in [-0.3, -0.25) is 5.10 Å². The highest BCUT2D eigenvalue weighted by Gasteiger charge is 1.94. The Bertz CT molecular complexity index is 225. The molecule has 4 nitrogen and oxygen atoms in total. The maximum absolute atomic E-state index is 8.23. The lowest BCUT2D eigenvalue weighted by Gasteiger charge is -1.91. The Morgan fingerprint density at radius 3 is 3.27 bits per heavy atom. The number of aromatic nitrogens is 3. The van der Waals surface area contributed by atoms with Crippen LogP contribution < -0.4 is 0 Å². The molecule has 0 aliphatic rings. The van der Waals surface area contributed by atoms with E-state index in [2.05, 4.69) is 21.3 Å². The number of nitrogens with one attached hydrogen (secondary N) is 1. The summed E-state index contributed by atoms with van der Waals surface area (Å²) >= 11 is 1.59. The molecule has 0 saturated carbocycles. The summed E-state index contributed by atoms with van der Waals surface area (Å²) in [5, 5.41) is 15.5. The molecule has 5 heteroatoms. The fourth-order valence-electron chi connectivity index (χ4n) is 0.584. The Morgan fingerprint density at radius 2 is 2.64 bits per heavy atom. The van der Waals surface area contributed by atoms with Crippen molar-refractivity contribution in [3.63, 3.8) is 0 Å². The van der Waals surface area contributed by atoms with Crippen molar-refractivity contribution in [2.75, 3.05) is 5.75 Å². The normalized spacial score (nSPS) is 9.36. The lowest BCUT2D eigenvalue weighted by atomic mass is 10.4. The molecular weight excluding hydrogens is 160 g/mol. The molecule has 0 fully saturated rings. The van der Waals surface area contributed by atoms with Crippen LogP contribution in [-0.2, 0) is 0 Å². The van der Waals surface area contributed by atoms with Gasteiger partial charge in [0.25, 0.3) is 0 Å². The number of hydrogen-bond donors (Lipinski definition) is 1. The highest BCUT2D eigenvalue weighted by atomic mass is 32.2. The summed E-state index contributed by atoms with van der Waals surface area (Å²) in [7, 11) is 0. The number of thioether (sulfide) groups is 1. The van der Waals surface area contributed by atoms with E-state index in [9.17, 15) is 0 Å². The summed E-state index contributed by atoms with van der Waals surface area (Å²) < 4.78 is 0. The predicted molar refractivity (Wildman–Crippen MR) is 42.0 cm³/mol. The van der Waals surface area contributed by atoms with E-state index in [1.54, 1.807) is 11.8 Å². The van der Waals surface area contributed by atoms with Crippen LogP contribution in [0.15, 0.2) is 11.5 Å². The van der Waals surface area contributed by atoms with Crippen LogP contribution in [0.25, 0.3) is 0 Å². The quantitative estimate of drug-likeness (QED) is 0.542. The molecule has 0 atom stereocenters. The predicted octanol–water partition coefficient (Wildman–Crippen LogP) is 1.20. The summed E-state index contributed by atoms with van der Waals surface area (Å²) in [5.41, 5.74) is 0. The molecule has 0 unspecified atom stereocenters. The molecule has 1 heterocycles. The molecular formula is C6H8N4S. The Kier molecular flexibility index (Phi) is 3.48. The van der Waals surface area contributed by atoms with Crippen molar-refractivity contribution in [3.05, 3.63) is 6.33 Å². The standard InChI is InChI=1S/C6H8N4S/c7-3-1-2-4-11-6-8-5-9-10-6/h5H,1-2,4H2,(H,8,9,10). The lowest BCUT2D eigenvalue weighted by Crippen LogP contribution is -1.80. The summed E-state index contributed by atoms with van der Waals surface area (Å²) in [6, 6.07) is 2.09. The smallest absolute Gasteiger partial charge is 0.183 e. The van der Waals surface area contributed by atoms with E-state index in [0.717, 1.165) is 17.3 Å². The molecule has 0 aromatic carbocycles. The number of aromatic amines is 1. The molecule has 0 radical (unpaired) electrons. The fourth-order valence-corrected chi connectivity index (χ4v) is 1.30. The van der Waals surface area contributed by atoms with Gasteiger partial charge in [-0.15, -0.1) is 0 Å². The third-order valence-corrected chi connectivity index (χ3v) is 2.03. The van der Waals surface area contributed by atoms with E-state index in [1.807, 2.05) is 0 Å². The zero-order valence-electron chi connectivity index (χ0n) is 5.95. The second-order valence-corrected chi connectivity index (χ2v) is 2.98. The second kappa shape index (κ2) is 4.74. The van der Waals surface area contributed by atoms with Crippen LogP contribution in [0.2, 0.25) is 0 Å². The van der Waals surface area contributed by atoms with Gasteiger partial charge in [-0.25, -0.2) is 4.98 Å². The van der Waals surface area contributed by atoms with Gasteiger partial charge in [0.1, 0.15) is 6.33 Å². The molecule has 1 rings (SSSR count). The van der Waals surface area contributed by atoms with Gasteiger partial charge in [0, 0.05) is 12.2 Å². The average Bonchev–Trinajstić information content (AvgIpc) is 2.50. The molecule has 58 valence electrons. The first-order valence-corrected chi connectivity index (χ1v) is 4.27. The summed E-state index contributed by atoms with van der Waals surface area (Å²) in [6.07, 6.45) is 3.00. The van der Waals surface area contributed by atoms with E-state index in [0.29, 0.717) is 6.42 Å². The third kappa shape index (κ3) is 3.05. The first-order chi connectivity index (χ1) is 5.43. The van der Waals surface area contributed by atoms with E-state index in [1.165, 1.54) is 6.33 Å². The molecule has 1 aromatic heterocycles. The zero-order chi connectivity index (χ0) is 7.94. The van der Waals surface area contributed by atoms with Gasteiger partial charge in [-0.2, -0.15) is 10.4 Å². The van der Waals surface area contributed by atoms with Crippen molar-refractivity contribution >= 4 is 11.8 Å². The number of rotatable bonds is 4. The Labute approximate surface area is 69.0 Å². The van der Waals surface area contributed by atoms with Gasteiger partial charge in [-0.05, 0) is 6.42 Å². The van der Waals surface area contributed by atoms with Gasteiger partial charge >= 0.3 is 0 Å². The molecule has 1 N–H and O–H groups in total. The molecule has 1 aromatic rings. The highest BCUT2D eigenvalue weighted by Crippen LogP contribution is 2.12. The van der Waals surface area contributed by atoms with Crippen molar-refractivity contribution in [3.8, 4) is 6.07 Å². The first-order valence-electron chi connectivity index (χ1n) is 3.28. The number of H-pyrrole nitrogens is 1. The van der Waals surface area contributed by atoms with Gasteiger partial charge in [-0.1, -0.05) is 11.8 Å². The van der Waals surface area contributed by atoms with E-state index < -0.39 is 0 Å². The zero-order valence-corrected chi connectivity index (χ0v) is 6.77. The van der Waals surface area contributed by atoms with Crippen LogP contribution in [-0.4, -0.2) is 20.9 Å². The van der Waals surface area contributed by atoms with E-state index >= 15 is 0 Å². The SMILES string of the molecule is N#CCCCSc1ncn[nH]1. The van der Waals surface area contributed by atoms with Gasteiger partial charge in [0.05, 0.1) is 6.07 Å². The topological polar surface area (TPSA) is 65.4 Å². The minimum atomic E-state index is 0.612. The van der Waals surface area contributed by atoms with Crippen LogP contribution in [0, 0.1) is 11.3 Å². The lowest BCUT2D eigenvalue weighted by molar-refractivity contribution is 0.950. The number of nitrogens with zero attached hydrogens (tertiary/aromatic N) is 3. The maximum atomic E-state index is 8.23. The Morgan fingerprint density at radius 1 is 1.73 bits per heavy atom. The Balaban J connectivity index is 2.10. The molecule has 0 saturated heterocycles. The molecule has 0 amide bonds. The summed E-state index contributed by atoms with van der Waals surface area (Å²) in [6.45, 7) is 0. The molecule has 0 spiro atoms. The number of nitriles is 1. The molecule has 11 heavy (non-hydrogen) atoms. The first kappa shape index (κ1) is 8.08. The van der Waals surface area contributed by atoms with Crippen molar-refractivity contribution in [1.82, 2.24) is 15.2 Å². The molecule has 0 aliphatic heterocycles. The largest absolute Gasteiger partial charge is 0.254 e. The van der Waals surface area contributed by atoms with Gasteiger partial charge < -0.3 is 0 Å². The molecule has 0 bridgehead atoms. The van der Waals surface area contributed by atoms with Crippen molar-refractivity contribution in [1.29, 1.82) is 5.26 Å². The van der Waals surface area contributed by atoms with Crippen LogP contribution >= 0.6 is 11.8 Å². The van der Waals surface area contributed by atoms with Gasteiger partial charge in [0.15, 0.2) is 5.16 Å². The van der Waals surface area contributed by atoms with Crippen LogP contribution in [0.1, 0.15) is 12.8 Å². The van der Waals surface area contributed by atoms with Crippen molar-refractivity contribution in [2.45, 2.75) is 18.0 Å². The summed E-state index contributed by atoms with van der Waals surface area (Å²) in [5.74, 6) is 0.919. The summed E-state index contributed by atoms with van der Waals surface area (Å²) in [4.78, 5) is 3.93. The number of unbranched alkanes of at least 4 members (excludes halogenated alkanes) is 1. The average molecular weight is 168 g/mol. The van der Waals surface area contributed by atoms with Crippen molar-refractivity contribution in [2.24, 2.45) is 0 Å². The Hall–Kier alpha value is -1.02. The monoisotopic (exact) mass is 168 g/mol. The number of hydrogen-bond acceptors (Lipinski definition) is 4. The highest BCUT2D eigenvalue weighted by molar-refractivity contribution is 7.99. The third-order valence-electron chi connectivity index (χ3n) is 1.06. The van der Waals surface area contributed by atoms with E-state index in [-0.39, 0.29) is 0 Å². The molecule has 0 aliphatic carbocycles. The fraction of sp³-hybridized carbons (Fsp3) is 0.500. The minimum Gasteiger partial charge on any atom is -0.254 e. The van der Waals surface area contributed by atoms with Crippen LogP contribution in [0.3, 0.4) is 0 Å².